The Labute approximate surface area is 116 Å². The molecule has 4 heteroatoms. The zero-order valence-corrected chi connectivity index (χ0v) is 12.6. The number of rotatable bonds is 3. The van der Waals surface area contributed by atoms with Crippen molar-refractivity contribution < 1.29 is 9.53 Å². The third-order valence-corrected chi connectivity index (χ3v) is 4.58. The van der Waals surface area contributed by atoms with Crippen molar-refractivity contribution in [2.24, 2.45) is 11.8 Å². The van der Waals surface area contributed by atoms with Crippen LogP contribution in [0.4, 0.5) is 0 Å². The summed E-state index contributed by atoms with van der Waals surface area (Å²) in [7, 11) is 0. The Bertz CT molecular complexity index is 311. The van der Waals surface area contributed by atoms with Gasteiger partial charge in [0, 0.05) is 13.0 Å². The summed E-state index contributed by atoms with van der Waals surface area (Å²) in [5.41, 5.74) is -0.153. The van der Waals surface area contributed by atoms with Gasteiger partial charge in [-0.05, 0) is 51.6 Å². The maximum absolute atomic E-state index is 12.5. The first-order chi connectivity index (χ1) is 9.00. The summed E-state index contributed by atoms with van der Waals surface area (Å²) in [6.45, 7) is 10.7. The Morgan fingerprint density at radius 2 is 2.32 bits per heavy atom. The minimum atomic E-state index is -0.153. The topological polar surface area (TPSA) is 41.6 Å². The third-order valence-electron chi connectivity index (χ3n) is 4.58. The second-order valence-corrected chi connectivity index (χ2v) is 6.70. The van der Waals surface area contributed by atoms with Gasteiger partial charge in [-0.25, -0.2) is 0 Å². The van der Waals surface area contributed by atoms with Gasteiger partial charge in [-0.15, -0.1) is 0 Å². The van der Waals surface area contributed by atoms with E-state index in [0.29, 0.717) is 37.4 Å². The number of carbonyl (C=O) groups is 1. The molecule has 0 radical (unpaired) electrons. The summed E-state index contributed by atoms with van der Waals surface area (Å²) in [6, 6.07) is 0. The van der Waals surface area contributed by atoms with Gasteiger partial charge in [0.1, 0.15) is 0 Å². The average molecular weight is 268 g/mol. The second-order valence-electron chi connectivity index (χ2n) is 6.70. The second kappa shape index (κ2) is 6.23. The fraction of sp³-hybridized carbons (Fsp3) is 0.933. The van der Waals surface area contributed by atoms with Crippen LogP contribution < -0.4 is 5.32 Å². The van der Waals surface area contributed by atoms with Gasteiger partial charge in [0.25, 0.3) is 0 Å². The van der Waals surface area contributed by atoms with Crippen molar-refractivity contribution in [1.82, 2.24) is 10.2 Å². The van der Waals surface area contributed by atoms with Crippen molar-refractivity contribution in [2.75, 3.05) is 32.8 Å². The van der Waals surface area contributed by atoms with Gasteiger partial charge < -0.3 is 15.0 Å². The van der Waals surface area contributed by atoms with Gasteiger partial charge in [0.05, 0.1) is 18.8 Å². The average Bonchev–Trinajstić information content (AvgIpc) is 2.39. The van der Waals surface area contributed by atoms with Crippen molar-refractivity contribution in [3.63, 3.8) is 0 Å². The largest absolute Gasteiger partial charge is 0.377 e. The van der Waals surface area contributed by atoms with Crippen LogP contribution in [-0.4, -0.2) is 49.2 Å². The molecule has 0 aromatic carbocycles. The molecule has 4 nitrogen and oxygen atoms in total. The molecule has 2 saturated heterocycles. The lowest BCUT2D eigenvalue weighted by Gasteiger charge is -2.43. The first-order valence-corrected chi connectivity index (χ1v) is 7.59. The van der Waals surface area contributed by atoms with Crippen LogP contribution in [0.5, 0.6) is 0 Å². The summed E-state index contributed by atoms with van der Waals surface area (Å²) in [4.78, 5) is 14.5. The van der Waals surface area contributed by atoms with Crippen molar-refractivity contribution in [3.05, 3.63) is 0 Å². The lowest BCUT2D eigenvalue weighted by Crippen LogP contribution is -2.55. The minimum absolute atomic E-state index is 0.153. The zero-order valence-electron chi connectivity index (χ0n) is 12.6. The molecule has 1 amide bonds. The molecule has 2 aliphatic rings. The van der Waals surface area contributed by atoms with Gasteiger partial charge in [0.15, 0.2) is 0 Å². The first kappa shape index (κ1) is 14.8. The Morgan fingerprint density at radius 3 is 2.95 bits per heavy atom. The van der Waals surface area contributed by atoms with Gasteiger partial charge in [0.2, 0.25) is 5.91 Å². The van der Waals surface area contributed by atoms with Gasteiger partial charge in [-0.3, -0.25) is 4.79 Å². The van der Waals surface area contributed by atoms with E-state index >= 15 is 0 Å². The summed E-state index contributed by atoms with van der Waals surface area (Å²) >= 11 is 0. The molecule has 2 rings (SSSR count). The van der Waals surface area contributed by atoms with Crippen LogP contribution in [0.25, 0.3) is 0 Å². The van der Waals surface area contributed by atoms with Crippen molar-refractivity contribution >= 4 is 5.91 Å². The van der Waals surface area contributed by atoms with E-state index in [1.807, 2.05) is 4.90 Å². The lowest BCUT2D eigenvalue weighted by atomic mass is 9.85. The highest BCUT2D eigenvalue weighted by atomic mass is 16.5. The van der Waals surface area contributed by atoms with E-state index in [1.165, 1.54) is 12.8 Å². The van der Waals surface area contributed by atoms with Crippen LogP contribution in [0.15, 0.2) is 0 Å². The quantitative estimate of drug-likeness (QED) is 0.846. The smallest absolute Gasteiger partial charge is 0.223 e. The third kappa shape index (κ3) is 3.69. The van der Waals surface area contributed by atoms with E-state index in [9.17, 15) is 4.79 Å². The molecular weight excluding hydrogens is 240 g/mol. The Balaban J connectivity index is 1.88. The fourth-order valence-electron chi connectivity index (χ4n) is 3.24. The van der Waals surface area contributed by atoms with Crippen LogP contribution >= 0.6 is 0 Å². The van der Waals surface area contributed by atoms with E-state index < -0.39 is 0 Å². The Hall–Kier alpha value is -0.610. The summed E-state index contributed by atoms with van der Waals surface area (Å²) in [5, 5.41) is 3.44. The van der Waals surface area contributed by atoms with Crippen LogP contribution in [0, 0.1) is 11.8 Å². The fourth-order valence-corrected chi connectivity index (χ4v) is 3.24. The summed E-state index contributed by atoms with van der Waals surface area (Å²) < 4.78 is 5.48. The molecule has 2 atom stereocenters. The molecule has 0 aromatic heterocycles. The maximum Gasteiger partial charge on any atom is 0.223 e. The lowest BCUT2D eigenvalue weighted by molar-refractivity contribution is -0.147. The number of nitrogens with zero attached hydrogens (tertiary/aromatic N) is 1. The minimum Gasteiger partial charge on any atom is -0.377 e. The number of hydrogen-bond donors (Lipinski definition) is 1. The molecule has 0 aromatic rings. The molecule has 0 spiro atoms. The van der Waals surface area contributed by atoms with Crippen LogP contribution in [0.2, 0.25) is 0 Å². The van der Waals surface area contributed by atoms with E-state index in [-0.39, 0.29) is 5.54 Å². The molecule has 110 valence electrons. The number of ether oxygens (including phenoxy) is 1. The predicted octanol–water partition coefficient (Wildman–Crippen LogP) is 1.65. The predicted molar refractivity (Wildman–Crippen MR) is 76.0 cm³/mol. The molecule has 0 saturated carbocycles. The summed E-state index contributed by atoms with van der Waals surface area (Å²) in [6.07, 6.45) is 3.18. The number of morpholine rings is 1. The van der Waals surface area contributed by atoms with Crippen molar-refractivity contribution in [1.29, 1.82) is 0 Å². The monoisotopic (exact) mass is 268 g/mol. The van der Waals surface area contributed by atoms with E-state index in [2.05, 4.69) is 26.1 Å². The summed E-state index contributed by atoms with van der Waals surface area (Å²) in [5.74, 6) is 1.42. The molecule has 2 unspecified atom stereocenters. The zero-order chi connectivity index (χ0) is 13.9. The number of hydrogen-bond acceptors (Lipinski definition) is 3. The van der Waals surface area contributed by atoms with Gasteiger partial charge >= 0.3 is 0 Å². The van der Waals surface area contributed by atoms with E-state index in [1.54, 1.807) is 0 Å². The standard InChI is InChI=1S/C15H28N2O2/c1-12(13-5-4-6-16-10-13)9-14(18)17-7-8-19-11-15(17,2)3/h12-13,16H,4-11H2,1-3H3. The number of amides is 1. The molecule has 1 N–H and O–H groups in total. The van der Waals surface area contributed by atoms with Gasteiger partial charge in [-0.2, -0.15) is 0 Å². The highest BCUT2D eigenvalue weighted by molar-refractivity contribution is 5.77. The normalized spacial score (nSPS) is 29.0. The van der Waals surface area contributed by atoms with Crippen molar-refractivity contribution in [2.45, 2.75) is 45.6 Å². The molecule has 0 bridgehead atoms. The Kier molecular flexibility index (Phi) is 4.85. The van der Waals surface area contributed by atoms with Crippen LogP contribution in [-0.2, 0) is 9.53 Å². The molecule has 2 fully saturated rings. The highest BCUT2D eigenvalue weighted by Gasteiger charge is 2.35. The molecule has 0 aliphatic carbocycles. The maximum atomic E-state index is 12.5. The number of piperidine rings is 1. The number of carbonyl (C=O) groups excluding carboxylic acids is 1. The van der Waals surface area contributed by atoms with E-state index in [0.717, 1.165) is 19.6 Å². The van der Waals surface area contributed by atoms with Crippen LogP contribution in [0.3, 0.4) is 0 Å². The first-order valence-electron chi connectivity index (χ1n) is 7.59. The number of nitrogens with one attached hydrogen (secondary N) is 1. The van der Waals surface area contributed by atoms with Crippen molar-refractivity contribution in [3.8, 4) is 0 Å². The highest BCUT2D eigenvalue weighted by Crippen LogP contribution is 2.26. The molecule has 19 heavy (non-hydrogen) atoms. The van der Waals surface area contributed by atoms with E-state index in [4.69, 9.17) is 4.74 Å². The SMILES string of the molecule is CC(CC(=O)N1CCOCC1(C)C)C1CCCNC1. The van der Waals surface area contributed by atoms with Gasteiger partial charge in [-0.1, -0.05) is 6.92 Å². The van der Waals surface area contributed by atoms with Crippen LogP contribution in [0.1, 0.15) is 40.0 Å². The Morgan fingerprint density at radius 1 is 1.53 bits per heavy atom. The molecule has 2 aliphatic heterocycles. The molecular formula is C15H28N2O2. The molecule has 2 heterocycles.